The number of hydrogen-bond donors (Lipinski definition) is 3. The van der Waals surface area contributed by atoms with E-state index in [1.165, 1.54) is 12.1 Å². The van der Waals surface area contributed by atoms with Gasteiger partial charge in [-0.25, -0.2) is 4.39 Å². The lowest BCUT2D eigenvalue weighted by Crippen LogP contribution is -2.33. The Kier molecular flexibility index (Phi) is 4.47. The van der Waals surface area contributed by atoms with Crippen LogP contribution in [-0.4, -0.2) is 22.5 Å². The first-order valence-electron chi connectivity index (χ1n) is 5.81. The maximum Gasteiger partial charge on any atom is 0.303 e. The van der Waals surface area contributed by atoms with E-state index >= 15 is 0 Å². The summed E-state index contributed by atoms with van der Waals surface area (Å²) in [6.07, 6.45) is 0.304. The van der Waals surface area contributed by atoms with E-state index in [4.69, 9.17) is 10.8 Å². The predicted molar refractivity (Wildman–Crippen MR) is 69.5 cm³/mol. The van der Waals surface area contributed by atoms with Gasteiger partial charge >= 0.3 is 5.97 Å². The number of primary amides is 1. The fourth-order valence-corrected chi connectivity index (χ4v) is 1.73. The molecule has 5 nitrogen and oxygen atoms in total. The van der Waals surface area contributed by atoms with Crippen molar-refractivity contribution in [2.45, 2.75) is 32.2 Å². The highest BCUT2D eigenvalue weighted by atomic mass is 19.1. The lowest BCUT2D eigenvalue weighted by molar-refractivity contribution is -0.137. The number of anilines is 1. The highest BCUT2D eigenvalue weighted by Crippen LogP contribution is 2.24. The minimum absolute atomic E-state index is 0.0266. The molecule has 0 saturated carbocycles. The highest BCUT2D eigenvalue weighted by Gasteiger charge is 2.22. The van der Waals surface area contributed by atoms with E-state index in [1.807, 2.05) is 0 Å². The van der Waals surface area contributed by atoms with E-state index in [-0.39, 0.29) is 17.7 Å². The first-order valence-corrected chi connectivity index (χ1v) is 5.81. The van der Waals surface area contributed by atoms with Crippen molar-refractivity contribution in [1.29, 1.82) is 0 Å². The average Bonchev–Trinajstić information content (AvgIpc) is 2.25. The second kappa shape index (κ2) is 5.69. The van der Waals surface area contributed by atoms with Gasteiger partial charge in [-0.2, -0.15) is 0 Å². The van der Waals surface area contributed by atoms with Gasteiger partial charge in [0, 0.05) is 12.0 Å². The van der Waals surface area contributed by atoms with Crippen molar-refractivity contribution in [1.82, 2.24) is 0 Å². The molecule has 6 heteroatoms. The van der Waals surface area contributed by atoms with Gasteiger partial charge in [-0.3, -0.25) is 9.59 Å². The van der Waals surface area contributed by atoms with Crippen molar-refractivity contribution in [2.24, 2.45) is 5.73 Å². The van der Waals surface area contributed by atoms with Crippen LogP contribution in [0.5, 0.6) is 0 Å². The SMILES string of the molecule is CC(C)(CCC(=O)O)Nc1cccc(F)c1C(N)=O. The van der Waals surface area contributed by atoms with Crippen LogP contribution in [0, 0.1) is 5.82 Å². The van der Waals surface area contributed by atoms with Crippen molar-refractivity contribution in [3.05, 3.63) is 29.6 Å². The molecule has 0 aliphatic heterocycles. The van der Waals surface area contributed by atoms with Gasteiger partial charge in [0.25, 0.3) is 5.91 Å². The summed E-state index contributed by atoms with van der Waals surface area (Å²) in [6, 6.07) is 4.14. The molecule has 0 aliphatic carbocycles. The Morgan fingerprint density at radius 3 is 2.58 bits per heavy atom. The number of carboxylic acid groups (broad SMARTS) is 1. The first-order chi connectivity index (χ1) is 8.73. The van der Waals surface area contributed by atoms with Crippen molar-refractivity contribution >= 4 is 17.6 Å². The van der Waals surface area contributed by atoms with Crippen LogP contribution in [0.2, 0.25) is 0 Å². The summed E-state index contributed by atoms with van der Waals surface area (Å²) in [4.78, 5) is 21.8. The van der Waals surface area contributed by atoms with E-state index in [0.717, 1.165) is 6.07 Å². The number of carbonyl (C=O) groups is 2. The third kappa shape index (κ3) is 4.24. The normalized spacial score (nSPS) is 11.1. The van der Waals surface area contributed by atoms with Gasteiger partial charge in [0.1, 0.15) is 5.82 Å². The molecular formula is C13H17FN2O3. The monoisotopic (exact) mass is 268 g/mol. The number of nitrogens with two attached hydrogens (primary N) is 1. The highest BCUT2D eigenvalue weighted by molar-refractivity contribution is 5.98. The molecule has 0 bridgehead atoms. The van der Waals surface area contributed by atoms with Crippen LogP contribution in [0.1, 0.15) is 37.0 Å². The Labute approximate surface area is 110 Å². The molecule has 0 radical (unpaired) electrons. The molecule has 0 atom stereocenters. The van der Waals surface area contributed by atoms with Crippen molar-refractivity contribution < 1.29 is 19.1 Å². The minimum atomic E-state index is -0.913. The Balaban J connectivity index is 2.95. The number of aliphatic carboxylic acids is 1. The fraction of sp³-hybridized carbons (Fsp3) is 0.385. The Hall–Kier alpha value is -2.11. The zero-order chi connectivity index (χ0) is 14.6. The number of rotatable bonds is 6. The van der Waals surface area contributed by atoms with Gasteiger partial charge in [-0.05, 0) is 32.4 Å². The number of nitrogens with one attached hydrogen (secondary N) is 1. The van der Waals surface area contributed by atoms with Crippen LogP contribution in [0.25, 0.3) is 0 Å². The summed E-state index contributed by atoms with van der Waals surface area (Å²) in [6.45, 7) is 3.54. The van der Waals surface area contributed by atoms with Crippen LogP contribution >= 0.6 is 0 Å². The van der Waals surface area contributed by atoms with Crippen LogP contribution in [-0.2, 0) is 4.79 Å². The number of carboxylic acids is 1. The molecule has 0 fully saturated rings. The molecule has 104 valence electrons. The van der Waals surface area contributed by atoms with E-state index in [9.17, 15) is 14.0 Å². The van der Waals surface area contributed by atoms with Crippen molar-refractivity contribution in [2.75, 3.05) is 5.32 Å². The molecule has 4 N–H and O–H groups in total. The zero-order valence-corrected chi connectivity index (χ0v) is 10.9. The van der Waals surface area contributed by atoms with Crippen molar-refractivity contribution in [3.63, 3.8) is 0 Å². The minimum Gasteiger partial charge on any atom is -0.481 e. The molecule has 0 aliphatic rings. The van der Waals surface area contributed by atoms with E-state index in [2.05, 4.69) is 5.32 Å². The quantitative estimate of drug-likeness (QED) is 0.735. The number of benzene rings is 1. The average molecular weight is 268 g/mol. The van der Waals surface area contributed by atoms with Gasteiger partial charge in [-0.1, -0.05) is 6.07 Å². The Morgan fingerprint density at radius 1 is 1.42 bits per heavy atom. The number of halogens is 1. The van der Waals surface area contributed by atoms with E-state index < -0.39 is 23.2 Å². The molecule has 0 spiro atoms. The van der Waals surface area contributed by atoms with Crippen LogP contribution in [0.4, 0.5) is 10.1 Å². The van der Waals surface area contributed by atoms with Gasteiger partial charge in [0.15, 0.2) is 0 Å². The van der Waals surface area contributed by atoms with E-state index in [1.54, 1.807) is 13.8 Å². The van der Waals surface area contributed by atoms with Gasteiger partial charge in [0.05, 0.1) is 11.3 Å². The molecule has 1 rings (SSSR count). The summed E-state index contributed by atoms with van der Waals surface area (Å²) < 4.78 is 13.6. The standard InChI is InChI=1S/C13H17FN2O3/c1-13(2,7-6-10(17)18)16-9-5-3-4-8(14)11(9)12(15)19/h3-5,16H,6-7H2,1-2H3,(H2,15,19)(H,17,18). The number of hydrogen-bond acceptors (Lipinski definition) is 3. The summed E-state index contributed by atoms with van der Waals surface area (Å²) in [5.74, 6) is -2.48. The lowest BCUT2D eigenvalue weighted by atomic mass is 9.97. The van der Waals surface area contributed by atoms with Gasteiger partial charge in [-0.15, -0.1) is 0 Å². The molecule has 1 aromatic carbocycles. The second-order valence-electron chi connectivity index (χ2n) is 4.93. The maximum absolute atomic E-state index is 13.6. The number of carbonyl (C=O) groups excluding carboxylic acids is 1. The fourth-order valence-electron chi connectivity index (χ4n) is 1.73. The zero-order valence-electron chi connectivity index (χ0n) is 10.9. The van der Waals surface area contributed by atoms with Crippen LogP contribution in [0.3, 0.4) is 0 Å². The lowest BCUT2D eigenvalue weighted by Gasteiger charge is -2.28. The van der Waals surface area contributed by atoms with Crippen LogP contribution < -0.4 is 11.1 Å². The molecule has 0 unspecified atom stereocenters. The third-order valence-electron chi connectivity index (χ3n) is 2.70. The molecule has 1 aromatic rings. The second-order valence-corrected chi connectivity index (χ2v) is 4.93. The first kappa shape index (κ1) is 14.9. The maximum atomic E-state index is 13.6. The molecular weight excluding hydrogens is 251 g/mol. The topological polar surface area (TPSA) is 92.4 Å². The molecule has 0 saturated heterocycles. The third-order valence-corrected chi connectivity index (χ3v) is 2.70. The molecule has 19 heavy (non-hydrogen) atoms. The smallest absolute Gasteiger partial charge is 0.303 e. The summed E-state index contributed by atoms with van der Waals surface area (Å²) in [5, 5.41) is 11.6. The predicted octanol–water partition coefficient (Wildman–Crippen LogP) is 1.98. The van der Waals surface area contributed by atoms with E-state index in [0.29, 0.717) is 6.42 Å². The summed E-state index contributed by atoms with van der Waals surface area (Å²) in [5.41, 5.74) is 4.59. The largest absolute Gasteiger partial charge is 0.481 e. The molecule has 0 heterocycles. The Bertz CT molecular complexity index is 501. The summed E-state index contributed by atoms with van der Waals surface area (Å²) >= 11 is 0. The van der Waals surface area contributed by atoms with Crippen LogP contribution in [0.15, 0.2) is 18.2 Å². The number of amides is 1. The summed E-state index contributed by atoms with van der Waals surface area (Å²) in [7, 11) is 0. The molecule has 1 amide bonds. The van der Waals surface area contributed by atoms with Gasteiger partial charge in [0.2, 0.25) is 0 Å². The van der Waals surface area contributed by atoms with Gasteiger partial charge < -0.3 is 16.2 Å². The molecule has 0 aromatic heterocycles. The van der Waals surface area contributed by atoms with Crippen molar-refractivity contribution in [3.8, 4) is 0 Å². The Morgan fingerprint density at radius 2 is 2.05 bits per heavy atom.